The molecule has 1 unspecified atom stereocenters. The molecule has 1 amide bonds. The standard InChI is InChI=1S/C18H22ClN3O3S/c1-5-24-14-8-7-12(9-15(14)25-6-2)11(3)21-17(23)16-13(19)10-20-18(22-16)26-4/h7-11H,5-6H2,1-4H3,(H,21,23). The molecule has 6 nitrogen and oxygen atoms in total. The summed E-state index contributed by atoms with van der Waals surface area (Å²) in [5.41, 5.74) is 1.05. The summed E-state index contributed by atoms with van der Waals surface area (Å²) in [6, 6.07) is 5.35. The minimum atomic E-state index is -0.355. The molecule has 26 heavy (non-hydrogen) atoms. The highest BCUT2D eigenvalue weighted by Gasteiger charge is 2.18. The molecule has 0 aliphatic rings. The van der Waals surface area contributed by atoms with Gasteiger partial charge in [0, 0.05) is 0 Å². The lowest BCUT2D eigenvalue weighted by Gasteiger charge is -2.17. The zero-order valence-corrected chi connectivity index (χ0v) is 16.8. The lowest BCUT2D eigenvalue weighted by molar-refractivity contribution is 0.0934. The van der Waals surface area contributed by atoms with Crippen LogP contribution in [-0.2, 0) is 0 Å². The molecule has 2 rings (SSSR count). The molecule has 140 valence electrons. The van der Waals surface area contributed by atoms with Crippen LogP contribution in [0.1, 0.15) is 42.9 Å². The number of aromatic nitrogens is 2. The summed E-state index contributed by atoms with van der Waals surface area (Å²) in [5, 5.41) is 3.62. The number of hydrogen-bond acceptors (Lipinski definition) is 6. The maximum atomic E-state index is 12.5. The third kappa shape index (κ3) is 5.02. The molecule has 1 N–H and O–H groups in total. The van der Waals surface area contributed by atoms with Gasteiger partial charge < -0.3 is 14.8 Å². The largest absolute Gasteiger partial charge is 0.490 e. The first kappa shape index (κ1) is 20.3. The first-order valence-corrected chi connectivity index (χ1v) is 9.87. The van der Waals surface area contributed by atoms with Gasteiger partial charge in [0.25, 0.3) is 5.91 Å². The SMILES string of the molecule is CCOc1ccc(C(C)NC(=O)c2nc(SC)ncc2Cl)cc1OCC. The fourth-order valence-electron chi connectivity index (χ4n) is 2.29. The maximum Gasteiger partial charge on any atom is 0.272 e. The Morgan fingerprint density at radius 1 is 1.27 bits per heavy atom. The van der Waals surface area contributed by atoms with E-state index in [9.17, 15) is 4.79 Å². The molecule has 1 aromatic carbocycles. The highest BCUT2D eigenvalue weighted by molar-refractivity contribution is 7.98. The fraction of sp³-hybridized carbons (Fsp3) is 0.389. The molecule has 0 spiro atoms. The second-order valence-electron chi connectivity index (χ2n) is 5.32. The third-order valence-electron chi connectivity index (χ3n) is 3.53. The molecule has 0 saturated carbocycles. The zero-order valence-electron chi connectivity index (χ0n) is 15.2. The third-order valence-corrected chi connectivity index (χ3v) is 4.37. The van der Waals surface area contributed by atoms with Crippen molar-refractivity contribution in [1.29, 1.82) is 0 Å². The van der Waals surface area contributed by atoms with Crippen molar-refractivity contribution < 1.29 is 14.3 Å². The molecule has 2 aromatic rings. The number of amides is 1. The quantitative estimate of drug-likeness (QED) is 0.535. The number of hydrogen-bond donors (Lipinski definition) is 1. The second-order valence-corrected chi connectivity index (χ2v) is 6.50. The van der Waals surface area contributed by atoms with Crippen LogP contribution in [0, 0.1) is 0 Å². The Balaban J connectivity index is 2.20. The van der Waals surface area contributed by atoms with E-state index in [0.717, 1.165) is 5.56 Å². The van der Waals surface area contributed by atoms with Crippen LogP contribution in [0.4, 0.5) is 0 Å². The van der Waals surface area contributed by atoms with Crippen LogP contribution >= 0.6 is 23.4 Å². The van der Waals surface area contributed by atoms with Crippen molar-refractivity contribution in [2.75, 3.05) is 19.5 Å². The van der Waals surface area contributed by atoms with Gasteiger partial charge in [0.1, 0.15) is 0 Å². The molecular weight excluding hydrogens is 374 g/mol. The van der Waals surface area contributed by atoms with Gasteiger partial charge >= 0.3 is 0 Å². The van der Waals surface area contributed by atoms with E-state index in [4.69, 9.17) is 21.1 Å². The van der Waals surface area contributed by atoms with E-state index in [2.05, 4.69) is 15.3 Å². The molecule has 0 aliphatic carbocycles. The van der Waals surface area contributed by atoms with Gasteiger partial charge in [-0.05, 0) is 44.7 Å². The van der Waals surface area contributed by atoms with Gasteiger partial charge in [-0.15, -0.1) is 0 Å². The molecule has 0 radical (unpaired) electrons. The van der Waals surface area contributed by atoms with Crippen LogP contribution in [0.3, 0.4) is 0 Å². The van der Waals surface area contributed by atoms with Crippen LogP contribution in [-0.4, -0.2) is 35.3 Å². The monoisotopic (exact) mass is 395 g/mol. The molecule has 1 atom stereocenters. The summed E-state index contributed by atoms with van der Waals surface area (Å²) in [4.78, 5) is 20.8. The van der Waals surface area contributed by atoms with E-state index in [1.54, 1.807) is 0 Å². The van der Waals surface area contributed by atoms with Crippen LogP contribution < -0.4 is 14.8 Å². The maximum absolute atomic E-state index is 12.5. The minimum Gasteiger partial charge on any atom is -0.490 e. The number of nitrogens with one attached hydrogen (secondary N) is 1. The van der Waals surface area contributed by atoms with Crippen LogP contribution in [0.2, 0.25) is 5.02 Å². The average molecular weight is 396 g/mol. The van der Waals surface area contributed by atoms with Crippen molar-refractivity contribution in [2.45, 2.75) is 32.0 Å². The van der Waals surface area contributed by atoms with E-state index in [-0.39, 0.29) is 22.7 Å². The number of nitrogens with zero attached hydrogens (tertiary/aromatic N) is 2. The minimum absolute atomic E-state index is 0.161. The summed E-state index contributed by atoms with van der Waals surface area (Å²) in [6.07, 6.45) is 3.27. The van der Waals surface area contributed by atoms with E-state index >= 15 is 0 Å². The van der Waals surface area contributed by atoms with Crippen molar-refractivity contribution >= 4 is 29.3 Å². The highest BCUT2D eigenvalue weighted by atomic mass is 35.5. The number of benzene rings is 1. The Kier molecular flexibility index (Phi) is 7.53. The lowest BCUT2D eigenvalue weighted by atomic mass is 10.1. The topological polar surface area (TPSA) is 73.3 Å². The van der Waals surface area contributed by atoms with Gasteiger partial charge in [0.2, 0.25) is 0 Å². The van der Waals surface area contributed by atoms with Gasteiger partial charge in [0.15, 0.2) is 22.3 Å². The van der Waals surface area contributed by atoms with Gasteiger partial charge in [0.05, 0.1) is 30.5 Å². The summed E-state index contributed by atoms with van der Waals surface area (Å²) < 4.78 is 11.2. The van der Waals surface area contributed by atoms with E-state index in [1.165, 1.54) is 18.0 Å². The summed E-state index contributed by atoms with van der Waals surface area (Å²) in [7, 11) is 0. The van der Waals surface area contributed by atoms with E-state index in [0.29, 0.717) is 29.9 Å². The molecule has 1 heterocycles. The highest BCUT2D eigenvalue weighted by Crippen LogP contribution is 2.31. The number of carbonyl (C=O) groups excluding carboxylic acids is 1. The zero-order chi connectivity index (χ0) is 19.1. The Morgan fingerprint density at radius 2 is 1.96 bits per heavy atom. The molecule has 0 aliphatic heterocycles. The first-order valence-electron chi connectivity index (χ1n) is 8.27. The van der Waals surface area contributed by atoms with Crippen molar-refractivity contribution in [1.82, 2.24) is 15.3 Å². The van der Waals surface area contributed by atoms with Crippen molar-refractivity contribution in [2.24, 2.45) is 0 Å². The van der Waals surface area contributed by atoms with Crippen LogP contribution in [0.15, 0.2) is 29.6 Å². The number of carbonyl (C=O) groups is 1. The summed E-state index contributed by atoms with van der Waals surface area (Å²) in [5.74, 6) is 0.977. The second kappa shape index (κ2) is 9.64. The lowest BCUT2D eigenvalue weighted by Crippen LogP contribution is -2.28. The Hall–Kier alpha value is -1.99. The molecular formula is C18H22ClN3O3S. The molecule has 8 heteroatoms. The summed E-state index contributed by atoms with van der Waals surface area (Å²) >= 11 is 7.41. The fourth-order valence-corrected chi connectivity index (χ4v) is 2.81. The summed E-state index contributed by atoms with van der Waals surface area (Å²) in [6.45, 7) is 6.79. The normalized spacial score (nSPS) is 11.7. The van der Waals surface area contributed by atoms with Crippen LogP contribution in [0.25, 0.3) is 0 Å². The molecule has 0 bridgehead atoms. The van der Waals surface area contributed by atoms with Crippen molar-refractivity contribution in [3.8, 4) is 11.5 Å². The van der Waals surface area contributed by atoms with E-state index < -0.39 is 0 Å². The van der Waals surface area contributed by atoms with Gasteiger partial charge in [-0.25, -0.2) is 9.97 Å². The Labute approximate surface area is 162 Å². The number of ether oxygens (including phenoxy) is 2. The van der Waals surface area contributed by atoms with Gasteiger partial charge in [-0.2, -0.15) is 0 Å². The average Bonchev–Trinajstić information content (AvgIpc) is 2.63. The Bertz CT molecular complexity index is 773. The first-order chi connectivity index (χ1) is 12.5. The predicted molar refractivity (Wildman–Crippen MR) is 103 cm³/mol. The van der Waals surface area contributed by atoms with E-state index in [1.807, 2.05) is 45.2 Å². The molecule has 1 aromatic heterocycles. The van der Waals surface area contributed by atoms with Crippen molar-refractivity contribution in [3.63, 3.8) is 0 Å². The van der Waals surface area contributed by atoms with Crippen LogP contribution in [0.5, 0.6) is 11.5 Å². The molecule has 0 fully saturated rings. The Morgan fingerprint density at radius 3 is 2.62 bits per heavy atom. The number of rotatable bonds is 8. The smallest absolute Gasteiger partial charge is 0.272 e. The number of halogens is 1. The number of thioether (sulfide) groups is 1. The predicted octanol–water partition coefficient (Wildman–Crippen LogP) is 4.14. The van der Waals surface area contributed by atoms with Crippen molar-refractivity contribution in [3.05, 3.63) is 40.7 Å². The molecule has 0 saturated heterocycles. The van der Waals surface area contributed by atoms with Gasteiger partial charge in [-0.1, -0.05) is 29.4 Å². The van der Waals surface area contributed by atoms with Gasteiger partial charge in [-0.3, -0.25) is 4.79 Å².